The number of aryl methyl sites for hydroxylation is 1. The van der Waals surface area contributed by atoms with Crippen LogP contribution in [0.2, 0.25) is 0 Å². The predicted octanol–water partition coefficient (Wildman–Crippen LogP) is 3.96. The third-order valence-electron chi connectivity index (χ3n) is 6.13. The molecule has 0 aromatic heterocycles. The number of anilines is 1. The minimum Gasteiger partial charge on any atom is -0.496 e. The van der Waals surface area contributed by atoms with Crippen LogP contribution in [0, 0.1) is 6.92 Å². The van der Waals surface area contributed by atoms with Gasteiger partial charge in [0.25, 0.3) is 0 Å². The van der Waals surface area contributed by atoms with Gasteiger partial charge in [-0.3, -0.25) is 9.59 Å². The van der Waals surface area contributed by atoms with Gasteiger partial charge in [-0.1, -0.05) is 38.1 Å². The third-order valence-corrected chi connectivity index (χ3v) is 6.13. The molecule has 0 saturated carbocycles. The first-order valence-corrected chi connectivity index (χ1v) is 11.6. The zero-order valence-electron chi connectivity index (χ0n) is 21.3. The smallest absolute Gasteiger partial charge is 0.327 e. The molecule has 1 unspecified atom stereocenters. The molecule has 3 N–H and O–H groups in total. The number of esters is 1. The van der Waals surface area contributed by atoms with E-state index in [0.717, 1.165) is 16.9 Å². The average Bonchev–Trinajstić information content (AvgIpc) is 2.82. The highest BCUT2D eigenvalue weighted by molar-refractivity contribution is 6.06. The molecule has 0 spiro atoms. The highest BCUT2D eigenvalue weighted by atomic mass is 16.5. The number of ether oxygens (including phenoxy) is 2. The molecule has 0 saturated heterocycles. The van der Waals surface area contributed by atoms with Crippen molar-refractivity contribution in [1.82, 2.24) is 5.32 Å². The number of para-hydroxylation sites is 1. The Hall–Kier alpha value is -3.39. The van der Waals surface area contributed by atoms with Crippen LogP contribution in [0.5, 0.6) is 5.75 Å². The molecule has 0 fully saturated rings. The molecule has 2 rings (SSSR count). The van der Waals surface area contributed by atoms with E-state index in [0.29, 0.717) is 24.2 Å². The van der Waals surface area contributed by atoms with E-state index < -0.39 is 24.0 Å². The molecule has 190 valence electrons. The SMILES string of the molecule is COC(=O)C(C)Nc1ccccc1C(=O)[C@H](CC(=O)O)NCCC(C)(C)c1ccc(OC)c(C)c1. The summed E-state index contributed by atoms with van der Waals surface area (Å²) in [6.07, 6.45) is 0.323. The molecular formula is C27H36N2O6. The molecule has 0 aliphatic carbocycles. The molecule has 0 aliphatic rings. The fourth-order valence-electron chi connectivity index (χ4n) is 3.92. The molecule has 8 nitrogen and oxygen atoms in total. The second-order valence-corrected chi connectivity index (χ2v) is 9.22. The lowest BCUT2D eigenvalue weighted by Gasteiger charge is -2.27. The lowest BCUT2D eigenvalue weighted by molar-refractivity contribution is -0.141. The van der Waals surface area contributed by atoms with E-state index in [4.69, 9.17) is 9.47 Å². The number of rotatable bonds is 13. The maximum atomic E-state index is 13.4. The summed E-state index contributed by atoms with van der Waals surface area (Å²) in [5.74, 6) is -1.08. The standard InChI is InChI=1S/C27H36N2O6/c1-17-15-19(11-12-23(17)34-5)27(3,4)13-14-28-22(16-24(30)31)25(32)20-9-7-8-10-21(20)29-18(2)26(33)35-6/h7-12,15,18,22,28-29H,13-14,16H2,1-6H3,(H,30,31)/t18?,22-/m0/s1. The number of hydrogen-bond donors (Lipinski definition) is 3. The van der Waals surface area contributed by atoms with Crippen molar-refractivity contribution in [2.45, 2.75) is 58.0 Å². The third kappa shape index (κ3) is 7.55. The first-order chi connectivity index (χ1) is 16.5. The monoisotopic (exact) mass is 484 g/mol. The Balaban J connectivity index is 2.17. The van der Waals surface area contributed by atoms with E-state index in [1.807, 2.05) is 19.1 Å². The number of aliphatic carboxylic acids is 1. The number of benzene rings is 2. The highest BCUT2D eigenvalue weighted by Crippen LogP contribution is 2.30. The van der Waals surface area contributed by atoms with Gasteiger partial charge in [-0.05, 0) is 61.6 Å². The summed E-state index contributed by atoms with van der Waals surface area (Å²) in [5, 5.41) is 15.6. The Morgan fingerprint density at radius 3 is 2.37 bits per heavy atom. The number of ketones is 1. The molecule has 2 aromatic carbocycles. The quantitative estimate of drug-likeness (QED) is 0.289. The van der Waals surface area contributed by atoms with Crippen molar-refractivity contribution in [3.8, 4) is 5.75 Å². The van der Waals surface area contributed by atoms with Crippen molar-refractivity contribution in [3.63, 3.8) is 0 Å². The van der Waals surface area contributed by atoms with Gasteiger partial charge >= 0.3 is 11.9 Å². The highest BCUT2D eigenvalue weighted by Gasteiger charge is 2.27. The van der Waals surface area contributed by atoms with Crippen LogP contribution in [0.1, 0.15) is 55.1 Å². The van der Waals surface area contributed by atoms with E-state index in [2.05, 4.69) is 30.5 Å². The Labute approximate surface area is 207 Å². The van der Waals surface area contributed by atoms with E-state index in [1.165, 1.54) is 7.11 Å². The minimum atomic E-state index is -1.07. The predicted molar refractivity (Wildman–Crippen MR) is 135 cm³/mol. The van der Waals surface area contributed by atoms with E-state index in [1.54, 1.807) is 38.3 Å². The summed E-state index contributed by atoms with van der Waals surface area (Å²) in [5.41, 5.74) is 2.71. The zero-order chi connectivity index (χ0) is 26.2. The lowest BCUT2D eigenvalue weighted by Crippen LogP contribution is -2.41. The summed E-state index contributed by atoms with van der Waals surface area (Å²) >= 11 is 0. The summed E-state index contributed by atoms with van der Waals surface area (Å²) in [6.45, 7) is 8.28. The van der Waals surface area contributed by atoms with Crippen LogP contribution in [0.25, 0.3) is 0 Å². The van der Waals surface area contributed by atoms with Crippen molar-refractivity contribution in [3.05, 3.63) is 59.2 Å². The number of hydrogen-bond acceptors (Lipinski definition) is 7. The van der Waals surface area contributed by atoms with E-state index in [9.17, 15) is 19.5 Å². The Morgan fingerprint density at radius 2 is 1.77 bits per heavy atom. The van der Waals surface area contributed by atoms with Gasteiger partial charge in [0.05, 0.1) is 26.7 Å². The molecule has 0 heterocycles. The molecule has 0 bridgehead atoms. The van der Waals surface area contributed by atoms with Crippen LogP contribution >= 0.6 is 0 Å². The van der Waals surface area contributed by atoms with Crippen LogP contribution in [0.15, 0.2) is 42.5 Å². The summed E-state index contributed by atoms with van der Waals surface area (Å²) in [4.78, 5) is 36.7. The molecule has 0 amide bonds. The van der Waals surface area contributed by atoms with E-state index in [-0.39, 0.29) is 17.6 Å². The first-order valence-electron chi connectivity index (χ1n) is 11.6. The summed E-state index contributed by atoms with van der Waals surface area (Å²) < 4.78 is 10.1. The molecule has 0 radical (unpaired) electrons. The van der Waals surface area contributed by atoms with Crippen LogP contribution in [0.3, 0.4) is 0 Å². The number of carboxylic acid groups (broad SMARTS) is 1. The van der Waals surface area contributed by atoms with Gasteiger partial charge in [0, 0.05) is 11.3 Å². The summed E-state index contributed by atoms with van der Waals surface area (Å²) in [7, 11) is 2.93. The maximum absolute atomic E-state index is 13.4. The number of Topliss-reactive ketones (excluding diaryl/α,β-unsaturated/α-hetero) is 1. The van der Waals surface area contributed by atoms with Gasteiger partial charge in [0.2, 0.25) is 0 Å². The molecule has 0 aliphatic heterocycles. The maximum Gasteiger partial charge on any atom is 0.327 e. The fourth-order valence-corrected chi connectivity index (χ4v) is 3.92. The van der Waals surface area contributed by atoms with Gasteiger partial charge < -0.3 is 25.2 Å². The molecular weight excluding hydrogens is 448 g/mol. The zero-order valence-corrected chi connectivity index (χ0v) is 21.3. The number of carbonyl (C=O) groups excluding carboxylic acids is 2. The van der Waals surface area contributed by atoms with E-state index >= 15 is 0 Å². The summed E-state index contributed by atoms with van der Waals surface area (Å²) in [6, 6.07) is 11.2. The topological polar surface area (TPSA) is 114 Å². The van der Waals surface area contributed by atoms with Crippen LogP contribution in [-0.4, -0.2) is 55.7 Å². The van der Waals surface area contributed by atoms with Crippen molar-refractivity contribution >= 4 is 23.4 Å². The van der Waals surface area contributed by atoms with Gasteiger partial charge in [0.15, 0.2) is 5.78 Å². The molecule has 35 heavy (non-hydrogen) atoms. The van der Waals surface area contributed by atoms with Crippen LogP contribution < -0.4 is 15.4 Å². The normalized spacial score (nSPS) is 13.0. The number of carbonyl (C=O) groups is 3. The first kappa shape index (κ1) is 27.9. The van der Waals surface area contributed by atoms with Gasteiger partial charge in [-0.25, -0.2) is 4.79 Å². The Kier molecular flexibility index (Phi) is 9.83. The number of carboxylic acids is 1. The lowest BCUT2D eigenvalue weighted by atomic mass is 9.81. The Bertz CT molecular complexity index is 1050. The van der Waals surface area contributed by atoms with Gasteiger partial charge in [0.1, 0.15) is 11.8 Å². The van der Waals surface area contributed by atoms with Crippen LogP contribution in [-0.2, 0) is 19.7 Å². The van der Waals surface area contributed by atoms with Gasteiger partial charge in [-0.15, -0.1) is 0 Å². The van der Waals surface area contributed by atoms with Gasteiger partial charge in [-0.2, -0.15) is 0 Å². The van der Waals surface area contributed by atoms with Crippen LogP contribution in [0.4, 0.5) is 5.69 Å². The second-order valence-electron chi connectivity index (χ2n) is 9.22. The van der Waals surface area contributed by atoms with Crippen molar-refractivity contribution in [2.75, 3.05) is 26.1 Å². The number of methoxy groups -OCH3 is 2. The molecule has 8 heteroatoms. The van der Waals surface area contributed by atoms with Crippen molar-refractivity contribution in [2.24, 2.45) is 0 Å². The van der Waals surface area contributed by atoms with Crippen molar-refractivity contribution < 1.29 is 29.0 Å². The fraction of sp³-hybridized carbons (Fsp3) is 0.444. The van der Waals surface area contributed by atoms with Crippen molar-refractivity contribution in [1.29, 1.82) is 0 Å². The average molecular weight is 485 g/mol. The largest absolute Gasteiger partial charge is 0.496 e. The molecule has 2 aromatic rings. The second kappa shape index (κ2) is 12.4. The minimum absolute atomic E-state index is 0.212. The number of nitrogens with one attached hydrogen (secondary N) is 2. The Morgan fingerprint density at radius 1 is 1.09 bits per heavy atom. The molecule has 2 atom stereocenters.